The average Bonchev–Trinajstić information content (AvgIpc) is 2.79. The van der Waals surface area contributed by atoms with Crippen molar-refractivity contribution in [2.45, 2.75) is 25.9 Å². The van der Waals surface area contributed by atoms with Crippen LogP contribution < -0.4 is 15.0 Å². The van der Waals surface area contributed by atoms with Crippen LogP contribution in [0.4, 0.5) is 11.5 Å². The molecule has 29 heavy (non-hydrogen) atoms. The highest BCUT2D eigenvalue weighted by Crippen LogP contribution is 2.24. The molecule has 6 nitrogen and oxygen atoms in total. The summed E-state index contributed by atoms with van der Waals surface area (Å²) >= 11 is 0. The minimum atomic E-state index is -0.164. The SMILES string of the molecule is O=C(Nc1cccc(OCc2cccnc2)c1)c1cccnc1N1CCCCC1. The van der Waals surface area contributed by atoms with Crippen LogP contribution in [0.1, 0.15) is 35.2 Å². The fourth-order valence-electron chi connectivity index (χ4n) is 3.44. The third kappa shape index (κ3) is 4.90. The molecule has 2 aromatic heterocycles. The topological polar surface area (TPSA) is 67.3 Å². The molecule has 0 atom stereocenters. The second-order valence-electron chi connectivity index (χ2n) is 7.05. The number of nitrogens with one attached hydrogen (secondary N) is 1. The van der Waals surface area contributed by atoms with Crippen molar-refractivity contribution in [2.24, 2.45) is 0 Å². The van der Waals surface area contributed by atoms with Gasteiger partial charge in [0.1, 0.15) is 18.2 Å². The highest BCUT2D eigenvalue weighted by molar-refractivity contribution is 6.07. The van der Waals surface area contributed by atoms with Crippen LogP contribution in [0.3, 0.4) is 0 Å². The Hall–Kier alpha value is -3.41. The van der Waals surface area contributed by atoms with Gasteiger partial charge in [-0.2, -0.15) is 0 Å². The van der Waals surface area contributed by atoms with Crippen molar-refractivity contribution in [1.82, 2.24) is 9.97 Å². The number of piperidine rings is 1. The molecule has 0 unspecified atom stereocenters. The second-order valence-corrected chi connectivity index (χ2v) is 7.05. The molecule has 0 aliphatic carbocycles. The van der Waals surface area contributed by atoms with Gasteiger partial charge in [-0.05, 0) is 49.6 Å². The van der Waals surface area contributed by atoms with Gasteiger partial charge in [0.15, 0.2) is 0 Å². The number of nitrogens with zero attached hydrogens (tertiary/aromatic N) is 3. The van der Waals surface area contributed by atoms with Crippen LogP contribution >= 0.6 is 0 Å². The third-order valence-corrected chi connectivity index (χ3v) is 4.91. The van der Waals surface area contributed by atoms with Crippen LogP contribution in [0.2, 0.25) is 0 Å². The fraction of sp³-hybridized carbons (Fsp3) is 0.261. The molecule has 0 bridgehead atoms. The summed E-state index contributed by atoms with van der Waals surface area (Å²) in [6.45, 7) is 2.30. The summed E-state index contributed by atoms with van der Waals surface area (Å²) in [4.78, 5) is 23.7. The maximum atomic E-state index is 12.9. The summed E-state index contributed by atoms with van der Waals surface area (Å²) in [6.07, 6.45) is 8.75. The van der Waals surface area contributed by atoms with E-state index in [1.165, 1.54) is 6.42 Å². The van der Waals surface area contributed by atoms with Gasteiger partial charge in [-0.15, -0.1) is 0 Å². The van der Waals surface area contributed by atoms with E-state index >= 15 is 0 Å². The van der Waals surface area contributed by atoms with E-state index in [-0.39, 0.29) is 5.91 Å². The van der Waals surface area contributed by atoms with Crippen molar-refractivity contribution in [3.63, 3.8) is 0 Å². The zero-order valence-corrected chi connectivity index (χ0v) is 16.3. The summed E-state index contributed by atoms with van der Waals surface area (Å²) in [5.74, 6) is 1.28. The molecule has 0 saturated carbocycles. The Kier molecular flexibility index (Phi) is 6.00. The average molecular weight is 388 g/mol. The maximum Gasteiger partial charge on any atom is 0.259 e. The van der Waals surface area contributed by atoms with Crippen LogP contribution in [0.15, 0.2) is 67.1 Å². The first kappa shape index (κ1) is 18.9. The Morgan fingerprint density at radius 1 is 1.03 bits per heavy atom. The standard InChI is InChI=1S/C23H24N4O2/c28-23(21-10-6-12-25-22(21)27-13-2-1-3-14-27)26-19-8-4-9-20(15-19)29-17-18-7-5-11-24-16-18/h4-12,15-16H,1-3,13-14,17H2,(H,26,28). The number of carbonyl (C=O) groups is 1. The van der Waals surface area contributed by atoms with Crippen molar-refractivity contribution >= 4 is 17.4 Å². The number of carbonyl (C=O) groups excluding carboxylic acids is 1. The Morgan fingerprint density at radius 2 is 1.90 bits per heavy atom. The molecule has 1 aliphatic rings. The summed E-state index contributed by atoms with van der Waals surface area (Å²) in [6, 6.07) is 14.9. The normalized spacial score (nSPS) is 13.7. The van der Waals surface area contributed by atoms with Gasteiger partial charge in [-0.3, -0.25) is 9.78 Å². The summed E-state index contributed by atoms with van der Waals surface area (Å²) < 4.78 is 5.83. The van der Waals surface area contributed by atoms with Crippen molar-refractivity contribution in [2.75, 3.05) is 23.3 Å². The molecule has 3 heterocycles. The zero-order valence-electron chi connectivity index (χ0n) is 16.3. The number of hydrogen-bond acceptors (Lipinski definition) is 5. The molecule has 1 fully saturated rings. The van der Waals surface area contributed by atoms with Crippen molar-refractivity contribution in [1.29, 1.82) is 0 Å². The number of ether oxygens (including phenoxy) is 1. The van der Waals surface area contributed by atoms with E-state index in [2.05, 4.69) is 20.2 Å². The number of aromatic nitrogens is 2. The van der Waals surface area contributed by atoms with E-state index in [1.54, 1.807) is 24.7 Å². The van der Waals surface area contributed by atoms with E-state index in [9.17, 15) is 4.79 Å². The Balaban J connectivity index is 1.45. The molecule has 1 saturated heterocycles. The Labute approximate surface area is 170 Å². The van der Waals surface area contributed by atoms with Gasteiger partial charge >= 0.3 is 0 Å². The van der Waals surface area contributed by atoms with Crippen LogP contribution in [-0.4, -0.2) is 29.0 Å². The second kappa shape index (κ2) is 9.19. The molecule has 1 aromatic carbocycles. The summed E-state index contributed by atoms with van der Waals surface area (Å²) in [5, 5.41) is 2.98. The van der Waals surface area contributed by atoms with E-state index in [0.29, 0.717) is 23.6 Å². The fourth-order valence-corrected chi connectivity index (χ4v) is 3.44. The number of rotatable bonds is 6. The number of hydrogen-bond donors (Lipinski definition) is 1. The zero-order chi connectivity index (χ0) is 19.9. The van der Waals surface area contributed by atoms with Gasteiger partial charge in [0, 0.05) is 49.0 Å². The molecule has 0 radical (unpaired) electrons. The van der Waals surface area contributed by atoms with E-state index in [4.69, 9.17) is 4.74 Å². The van der Waals surface area contributed by atoms with Crippen LogP contribution in [0.25, 0.3) is 0 Å². The summed E-state index contributed by atoms with van der Waals surface area (Å²) in [5.41, 5.74) is 2.27. The molecule has 3 aromatic rings. The van der Waals surface area contributed by atoms with Gasteiger partial charge in [0.2, 0.25) is 0 Å². The Morgan fingerprint density at radius 3 is 2.72 bits per heavy atom. The van der Waals surface area contributed by atoms with Gasteiger partial charge in [-0.25, -0.2) is 4.98 Å². The van der Waals surface area contributed by atoms with Crippen molar-refractivity contribution < 1.29 is 9.53 Å². The third-order valence-electron chi connectivity index (χ3n) is 4.91. The minimum Gasteiger partial charge on any atom is -0.489 e. The first-order valence-electron chi connectivity index (χ1n) is 9.93. The number of anilines is 2. The molecule has 0 spiro atoms. The monoisotopic (exact) mass is 388 g/mol. The number of pyridine rings is 2. The predicted molar refractivity (Wildman–Crippen MR) is 113 cm³/mol. The quantitative estimate of drug-likeness (QED) is 0.682. The molecule has 1 amide bonds. The molecular formula is C23H24N4O2. The van der Waals surface area contributed by atoms with Gasteiger partial charge in [-0.1, -0.05) is 12.1 Å². The molecular weight excluding hydrogens is 364 g/mol. The van der Waals surface area contributed by atoms with E-state index in [1.807, 2.05) is 42.5 Å². The lowest BCUT2D eigenvalue weighted by Gasteiger charge is -2.29. The predicted octanol–water partition coefficient (Wildman–Crippen LogP) is 4.30. The maximum absolute atomic E-state index is 12.9. The lowest BCUT2D eigenvalue weighted by molar-refractivity contribution is 0.102. The van der Waals surface area contributed by atoms with Gasteiger partial charge < -0.3 is 15.0 Å². The molecule has 4 rings (SSSR count). The first-order valence-corrected chi connectivity index (χ1v) is 9.93. The van der Waals surface area contributed by atoms with Crippen molar-refractivity contribution in [3.05, 3.63) is 78.2 Å². The van der Waals surface area contributed by atoms with Crippen molar-refractivity contribution in [3.8, 4) is 5.75 Å². The van der Waals surface area contributed by atoms with Crippen LogP contribution in [0.5, 0.6) is 5.75 Å². The first-order chi connectivity index (χ1) is 14.3. The number of benzene rings is 1. The van der Waals surface area contributed by atoms with Gasteiger partial charge in [0.25, 0.3) is 5.91 Å². The lowest BCUT2D eigenvalue weighted by atomic mass is 10.1. The largest absolute Gasteiger partial charge is 0.489 e. The molecule has 1 N–H and O–H groups in total. The van der Waals surface area contributed by atoms with Crippen LogP contribution in [0, 0.1) is 0 Å². The molecule has 6 heteroatoms. The van der Waals surface area contributed by atoms with Gasteiger partial charge in [0.05, 0.1) is 5.56 Å². The summed E-state index contributed by atoms with van der Waals surface area (Å²) in [7, 11) is 0. The lowest BCUT2D eigenvalue weighted by Crippen LogP contribution is -2.32. The Bertz CT molecular complexity index is 956. The molecule has 148 valence electrons. The highest BCUT2D eigenvalue weighted by atomic mass is 16.5. The molecule has 1 aliphatic heterocycles. The highest BCUT2D eigenvalue weighted by Gasteiger charge is 2.19. The van der Waals surface area contributed by atoms with Crippen LogP contribution in [-0.2, 0) is 6.61 Å². The van der Waals surface area contributed by atoms with E-state index < -0.39 is 0 Å². The van der Waals surface area contributed by atoms with E-state index in [0.717, 1.165) is 37.3 Å². The smallest absolute Gasteiger partial charge is 0.259 e. The number of amides is 1. The minimum absolute atomic E-state index is 0.164.